The van der Waals surface area contributed by atoms with Gasteiger partial charge in [0.05, 0.1) is 6.61 Å². The second kappa shape index (κ2) is 7.62. The lowest BCUT2D eigenvalue weighted by Crippen LogP contribution is -2.53. The van der Waals surface area contributed by atoms with Gasteiger partial charge in [-0.25, -0.2) is 0 Å². The van der Waals surface area contributed by atoms with Gasteiger partial charge in [-0.15, -0.1) is 0 Å². The Morgan fingerprint density at radius 1 is 1.25 bits per heavy atom. The molecule has 1 aromatic rings. The highest BCUT2D eigenvalue weighted by Gasteiger charge is 2.21. The minimum atomic E-state index is 0.591. The molecule has 0 spiro atoms. The number of benzene rings is 1. The molecule has 1 aliphatic rings. The minimum absolute atomic E-state index is 0.591. The summed E-state index contributed by atoms with van der Waals surface area (Å²) in [5.41, 5.74) is 1.24. The van der Waals surface area contributed by atoms with Gasteiger partial charge in [-0.2, -0.15) is 0 Å². The molecule has 1 saturated heterocycles. The molecule has 1 fully saturated rings. The second-order valence-electron chi connectivity index (χ2n) is 5.57. The zero-order valence-electron chi connectivity index (χ0n) is 12.9. The highest BCUT2D eigenvalue weighted by Crippen LogP contribution is 2.17. The summed E-state index contributed by atoms with van der Waals surface area (Å²) in [6.07, 6.45) is 0. The Kier molecular flexibility index (Phi) is 5.83. The molecule has 1 atom stereocenters. The van der Waals surface area contributed by atoms with E-state index in [2.05, 4.69) is 41.3 Å². The Labute approximate surface area is 122 Å². The minimum Gasteiger partial charge on any atom is -0.494 e. The van der Waals surface area contributed by atoms with Gasteiger partial charge in [-0.1, -0.05) is 18.2 Å². The highest BCUT2D eigenvalue weighted by atomic mass is 16.5. The van der Waals surface area contributed by atoms with Crippen LogP contribution in [0.3, 0.4) is 0 Å². The first-order chi connectivity index (χ1) is 9.70. The van der Waals surface area contributed by atoms with Gasteiger partial charge in [0.1, 0.15) is 5.75 Å². The van der Waals surface area contributed by atoms with Crippen molar-refractivity contribution in [3.8, 4) is 5.75 Å². The molecule has 2 rings (SSSR count). The van der Waals surface area contributed by atoms with E-state index in [-0.39, 0.29) is 0 Å². The van der Waals surface area contributed by atoms with Crippen molar-refractivity contribution in [2.45, 2.75) is 19.5 Å². The van der Waals surface area contributed by atoms with Crippen LogP contribution in [0.4, 0.5) is 0 Å². The molecule has 4 heteroatoms. The zero-order chi connectivity index (χ0) is 14.4. The average Bonchev–Trinajstić information content (AvgIpc) is 2.45. The van der Waals surface area contributed by atoms with E-state index in [4.69, 9.17) is 4.74 Å². The van der Waals surface area contributed by atoms with Crippen LogP contribution < -0.4 is 10.1 Å². The van der Waals surface area contributed by atoms with Crippen molar-refractivity contribution in [3.05, 3.63) is 29.8 Å². The number of nitrogens with one attached hydrogen (secondary N) is 1. The number of hydrogen-bond donors (Lipinski definition) is 1. The lowest BCUT2D eigenvalue weighted by Gasteiger charge is -2.37. The molecule has 4 nitrogen and oxygen atoms in total. The Morgan fingerprint density at radius 3 is 2.85 bits per heavy atom. The molecule has 112 valence electrons. The average molecular weight is 277 g/mol. The van der Waals surface area contributed by atoms with E-state index in [1.165, 1.54) is 12.1 Å². The van der Waals surface area contributed by atoms with Crippen molar-refractivity contribution in [2.75, 3.05) is 46.9 Å². The molecule has 0 radical (unpaired) electrons. The van der Waals surface area contributed by atoms with Crippen LogP contribution in [-0.4, -0.2) is 62.7 Å². The third-order valence-corrected chi connectivity index (χ3v) is 3.95. The lowest BCUT2D eigenvalue weighted by molar-refractivity contribution is 0.113. The SMILES string of the molecule is CCOc1ccccc1CNCC1CN(C)CCN1C. The largest absolute Gasteiger partial charge is 0.494 e. The Morgan fingerprint density at radius 2 is 2.05 bits per heavy atom. The van der Waals surface area contributed by atoms with Gasteiger partial charge in [0, 0.05) is 44.3 Å². The molecule has 0 saturated carbocycles. The fraction of sp³-hybridized carbons (Fsp3) is 0.625. The van der Waals surface area contributed by atoms with E-state index < -0.39 is 0 Å². The van der Waals surface area contributed by atoms with Crippen LogP contribution in [0.15, 0.2) is 24.3 Å². The molecule has 1 N–H and O–H groups in total. The van der Waals surface area contributed by atoms with Gasteiger partial charge < -0.3 is 15.0 Å². The van der Waals surface area contributed by atoms with E-state index in [0.29, 0.717) is 12.6 Å². The summed E-state index contributed by atoms with van der Waals surface area (Å²) < 4.78 is 5.66. The third-order valence-electron chi connectivity index (χ3n) is 3.95. The van der Waals surface area contributed by atoms with Gasteiger partial charge in [0.2, 0.25) is 0 Å². The van der Waals surface area contributed by atoms with E-state index in [0.717, 1.165) is 31.9 Å². The number of hydrogen-bond acceptors (Lipinski definition) is 4. The van der Waals surface area contributed by atoms with Gasteiger partial charge in [0.15, 0.2) is 0 Å². The molecule has 1 unspecified atom stereocenters. The molecule has 20 heavy (non-hydrogen) atoms. The zero-order valence-corrected chi connectivity index (χ0v) is 12.9. The number of nitrogens with zero attached hydrogens (tertiary/aromatic N) is 2. The summed E-state index contributed by atoms with van der Waals surface area (Å²) in [6.45, 7) is 8.07. The van der Waals surface area contributed by atoms with E-state index >= 15 is 0 Å². The predicted molar refractivity (Wildman–Crippen MR) is 83.2 cm³/mol. The van der Waals surface area contributed by atoms with Crippen molar-refractivity contribution in [2.24, 2.45) is 0 Å². The quantitative estimate of drug-likeness (QED) is 0.851. The maximum atomic E-state index is 5.66. The Balaban J connectivity index is 1.83. The van der Waals surface area contributed by atoms with Crippen molar-refractivity contribution in [1.82, 2.24) is 15.1 Å². The molecule has 0 aliphatic carbocycles. The number of piperazine rings is 1. The lowest BCUT2D eigenvalue weighted by atomic mass is 10.1. The van der Waals surface area contributed by atoms with E-state index in [9.17, 15) is 0 Å². The molecule has 1 aliphatic heterocycles. The number of likely N-dealkylation sites (N-methyl/N-ethyl adjacent to an activating group) is 2. The van der Waals surface area contributed by atoms with Crippen LogP contribution in [0.1, 0.15) is 12.5 Å². The fourth-order valence-corrected chi connectivity index (χ4v) is 2.64. The standard InChI is InChI=1S/C16H27N3O/c1-4-20-16-8-6-5-7-14(16)11-17-12-15-13-18(2)9-10-19(15)3/h5-8,15,17H,4,9-13H2,1-3H3. The van der Waals surface area contributed by atoms with Gasteiger partial charge in [-0.05, 0) is 27.1 Å². The summed E-state index contributed by atoms with van der Waals surface area (Å²) in [5, 5.41) is 3.57. The molecule has 0 bridgehead atoms. The van der Waals surface area contributed by atoms with Crippen LogP contribution in [0.2, 0.25) is 0 Å². The van der Waals surface area contributed by atoms with Crippen LogP contribution >= 0.6 is 0 Å². The summed E-state index contributed by atoms with van der Waals surface area (Å²) >= 11 is 0. The summed E-state index contributed by atoms with van der Waals surface area (Å²) in [4.78, 5) is 4.85. The molecule has 1 heterocycles. The monoisotopic (exact) mass is 277 g/mol. The Hall–Kier alpha value is -1.10. The normalized spacial score (nSPS) is 21.1. The molecular formula is C16H27N3O. The Bertz CT molecular complexity index is 410. The summed E-state index contributed by atoms with van der Waals surface area (Å²) in [7, 11) is 4.41. The van der Waals surface area contributed by atoms with Crippen molar-refractivity contribution in [1.29, 1.82) is 0 Å². The van der Waals surface area contributed by atoms with E-state index in [1.54, 1.807) is 0 Å². The molecule has 1 aromatic carbocycles. The first-order valence-electron chi connectivity index (χ1n) is 7.51. The van der Waals surface area contributed by atoms with Gasteiger partial charge in [0.25, 0.3) is 0 Å². The predicted octanol–water partition coefficient (Wildman–Crippen LogP) is 1.42. The molecular weight excluding hydrogens is 250 g/mol. The first kappa shape index (κ1) is 15.3. The van der Waals surface area contributed by atoms with Crippen LogP contribution in [0, 0.1) is 0 Å². The number of ether oxygens (including phenoxy) is 1. The second-order valence-corrected chi connectivity index (χ2v) is 5.57. The highest BCUT2D eigenvalue weighted by molar-refractivity contribution is 5.33. The van der Waals surface area contributed by atoms with Gasteiger partial charge >= 0.3 is 0 Å². The molecule has 0 amide bonds. The van der Waals surface area contributed by atoms with Crippen LogP contribution in [0.5, 0.6) is 5.75 Å². The van der Waals surface area contributed by atoms with E-state index in [1.807, 2.05) is 19.1 Å². The fourth-order valence-electron chi connectivity index (χ4n) is 2.64. The van der Waals surface area contributed by atoms with Crippen molar-refractivity contribution < 1.29 is 4.74 Å². The number of rotatable bonds is 6. The van der Waals surface area contributed by atoms with Gasteiger partial charge in [-0.3, -0.25) is 4.90 Å². The summed E-state index contributed by atoms with van der Waals surface area (Å²) in [5.74, 6) is 0.997. The van der Waals surface area contributed by atoms with Crippen LogP contribution in [0.25, 0.3) is 0 Å². The smallest absolute Gasteiger partial charge is 0.123 e. The third kappa shape index (κ3) is 4.20. The number of para-hydroxylation sites is 1. The molecule has 0 aromatic heterocycles. The van der Waals surface area contributed by atoms with Crippen molar-refractivity contribution in [3.63, 3.8) is 0 Å². The summed E-state index contributed by atoms with van der Waals surface area (Å²) in [6, 6.07) is 8.86. The first-order valence-corrected chi connectivity index (χ1v) is 7.51. The maximum absolute atomic E-state index is 5.66. The van der Waals surface area contributed by atoms with Crippen LogP contribution in [-0.2, 0) is 6.54 Å². The maximum Gasteiger partial charge on any atom is 0.123 e. The topological polar surface area (TPSA) is 27.7 Å². The van der Waals surface area contributed by atoms with Crippen molar-refractivity contribution >= 4 is 0 Å².